The zero-order valence-corrected chi connectivity index (χ0v) is 45.5. The lowest BCUT2D eigenvalue weighted by Gasteiger charge is -2.37. The number of allylic oxidation sites excluding steroid dienone is 4. The summed E-state index contributed by atoms with van der Waals surface area (Å²) in [5.41, 5.74) is 26.8. The Morgan fingerprint density at radius 2 is 0.831 bits per heavy atom. The number of benzene rings is 12. The molecule has 1 aliphatic heterocycles. The molecule has 12 aromatic rings. The maximum atomic E-state index is 7.11. The van der Waals surface area contributed by atoms with E-state index in [1.54, 1.807) is 0 Å². The summed E-state index contributed by atoms with van der Waals surface area (Å²) >= 11 is 0. The van der Waals surface area contributed by atoms with Crippen LogP contribution in [0.1, 0.15) is 51.8 Å². The number of fused-ring (bicyclic) bond motifs is 16. The second-order valence-corrected chi connectivity index (χ2v) is 22.5. The molecule has 3 heteroatoms. The first-order chi connectivity index (χ1) is 41.1. The maximum absolute atomic E-state index is 7.11. The molecule has 4 aliphatic carbocycles. The predicted molar refractivity (Wildman–Crippen MR) is 339 cm³/mol. The van der Waals surface area contributed by atoms with E-state index in [9.17, 15) is 0 Å². The van der Waals surface area contributed by atoms with Gasteiger partial charge in [0, 0.05) is 22.6 Å². The van der Waals surface area contributed by atoms with Crippen LogP contribution >= 0.6 is 0 Å². The Bertz CT molecular complexity index is 4620. The van der Waals surface area contributed by atoms with Gasteiger partial charge in [-0.2, -0.15) is 0 Å². The van der Waals surface area contributed by atoms with Gasteiger partial charge in [-0.05, 0) is 174 Å². The molecule has 390 valence electrons. The molecular weight excluding hydrogens is 1010 g/mol. The molecule has 1 unspecified atom stereocenters. The molecule has 0 N–H and O–H groups in total. The summed E-state index contributed by atoms with van der Waals surface area (Å²) in [5, 5.41) is 0. The molecule has 0 saturated heterocycles. The van der Waals surface area contributed by atoms with Crippen LogP contribution in [0.25, 0.3) is 66.8 Å². The van der Waals surface area contributed by atoms with Crippen LogP contribution in [0.15, 0.2) is 303 Å². The Kier molecular flexibility index (Phi) is 10.6. The van der Waals surface area contributed by atoms with Gasteiger partial charge in [0.2, 0.25) is 0 Å². The summed E-state index contributed by atoms with van der Waals surface area (Å²) in [4.78, 5) is 2.43. The van der Waals surface area contributed by atoms with Crippen LogP contribution < -0.4 is 14.4 Å². The summed E-state index contributed by atoms with van der Waals surface area (Å²) in [6.07, 6.45) is 8.91. The highest BCUT2D eigenvalue weighted by atomic mass is 16.6. The zero-order valence-electron chi connectivity index (χ0n) is 45.5. The standard InChI is InChI=1S/C80H53NO2/c1-5-20-52(21-6-1)54-36-40-60(41-37-54)81(62-42-44-66-65-43-38-56(53-22-7-2-8-23-53)49-72(65)79(73(66)51-62,58-25-9-3-10-26-58)59-27-11-4-12-28-59)61-29-19-24-55(48-61)57-39-46-74-76(50-57)82-75-47-45-71-77(78(75)83-74)67-32-15-18-35-70(67)80(71)68-33-16-13-30-63(68)64-31-14-17-34-69(64)80/h1-11,13-27,29-51H,12,28H2. The van der Waals surface area contributed by atoms with Crippen molar-refractivity contribution in [1.82, 2.24) is 0 Å². The van der Waals surface area contributed by atoms with E-state index in [1.165, 1.54) is 94.6 Å². The highest BCUT2D eigenvalue weighted by Crippen LogP contribution is 2.67. The Labute approximate surface area is 484 Å². The van der Waals surface area contributed by atoms with Gasteiger partial charge in [-0.1, -0.05) is 242 Å². The van der Waals surface area contributed by atoms with Gasteiger partial charge in [0.25, 0.3) is 0 Å². The van der Waals surface area contributed by atoms with Crippen molar-refractivity contribution in [3.8, 4) is 89.8 Å². The maximum Gasteiger partial charge on any atom is 0.178 e. The van der Waals surface area contributed by atoms with Crippen LogP contribution in [-0.2, 0) is 10.8 Å². The number of anilines is 3. The van der Waals surface area contributed by atoms with Gasteiger partial charge in [0.05, 0.1) is 10.8 Å². The smallest absolute Gasteiger partial charge is 0.178 e. The van der Waals surface area contributed by atoms with Gasteiger partial charge in [-0.3, -0.25) is 0 Å². The summed E-state index contributed by atoms with van der Waals surface area (Å²) < 4.78 is 14.1. The molecule has 5 aliphatic rings. The largest absolute Gasteiger partial charge is 0.449 e. The zero-order chi connectivity index (χ0) is 54.6. The fourth-order valence-electron chi connectivity index (χ4n) is 14.8. The second-order valence-electron chi connectivity index (χ2n) is 22.5. The number of hydrogen-bond donors (Lipinski definition) is 0. The molecule has 0 bridgehead atoms. The van der Waals surface area contributed by atoms with E-state index < -0.39 is 10.8 Å². The highest BCUT2D eigenvalue weighted by Gasteiger charge is 2.53. The van der Waals surface area contributed by atoms with E-state index in [0.29, 0.717) is 17.2 Å². The van der Waals surface area contributed by atoms with Crippen molar-refractivity contribution in [3.05, 3.63) is 342 Å². The minimum absolute atomic E-state index is 0.475. The second kappa shape index (κ2) is 18.5. The van der Waals surface area contributed by atoms with Crippen LogP contribution in [0.5, 0.6) is 23.0 Å². The molecule has 1 heterocycles. The van der Waals surface area contributed by atoms with E-state index in [1.807, 2.05) is 0 Å². The molecular formula is C80H53NO2. The number of nitrogens with zero attached hydrogens (tertiary/aromatic N) is 1. The summed E-state index contributed by atoms with van der Waals surface area (Å²) in [6.45, 7) is 0. The normalized spacial score (nSPS) is 15.7. The van der Waals surface area contributed by atoms with E-state index in [0.717, 1.165) is 52.3 Å². The first-order valence-corrected chi connectivity index (χ1v) is 28.9. The molecule has 12 aromatic carbocycles. The van der Waals surface area contributed by atoms with Gasteiger partial charge in [0.1, 0.15) is 0 Å². The van der Waals surface area contributed by atoms with Crippen LogP contribution in [0, 0.1) is 0 Å². The Balaban J connectivity index is 0.788. The topological polar surface area (TPSA) is 21.7 Å². The first kappa shape index (κ1) is 47.3. The highest BCUT2D eigenvalue weighted by molar-refractivity contribution is 5.98. The van der Waals surface area contributed by atoms with E-state index in [-0.39, 0.29) is 0 Å². The van der Waals surface area contributed by atoms with Crippen LogP contribution in [0.4, 0.5) is 17.1 Å². The fraction of sp³-hybridized carbons (Fsp3) is 0.0500. The van der Waals surface area contributed by atoms with E-state index >= 15 is 0 Å². The van der Waals surface area contributed by atoms with Gasteiger partial charge < -0.3 is 14.4 Å². The minimum Gasteiger partial charge on any atom is -0.449 e. The van der Waals surface area contributed by atoms with Gasteiger partial charge in [-0.15, -0.1) is 0 Å². The van der Waals surface area contributed by atoms with Crippen LogP contribution in [0.2, 0.25) is 0 Å². The van der Waals surface area contributed by atoms with E-state index in [2.05, 4.69) is 302 Å². The predicted octanol–water partition coefficient (Wildman–Crippen LogP) is 21.0. The van der Waals surface area contributed by atoms with Crippen molar-refractivity contribution in [2.45, 2.75) is 23.7 Å². The van der Waals surface area contributed by atoms with Crippen molar-refractivity contribution in [3.63, 3.8) is 0 Å². The number of ether oxygens (including phenoxy) is 2. The molecule has 1 spiro atoms. The monoisotopic (exact) mass is 1060 g/mol. The van der Waals surface area contributed by atoms with Crippen LogP contribution in [0.3, 0.4) is 0 Å². The molecule has 0 fully saturated rings. The molecule has 0 saturated carbocycles. The average Bonchev–Trinajstić information content (AvgIpc) is 1.61. The van der Waals surface area contributed by atoms with E-state index in [4.69, 9.17) is 9.47 Å². The molecule has 0 aromatic heterocycles. The average molecular weight is 1060 g/mol. The Hall–Kier alpha value is -10.5. The quantitative estimate of drug-likeness (QED) is 0.151. The van der Waals surface area contributed by atoms with Gasteiger partial charge in [-0.25, -0.2) is 0 Å². The summed E-state index contributed by atoms with van der Waals surface area (Å²) in [7, 11) is 0. The molecule has 83 heavy (non-hydrogen) atoms. The molecule has 1 atom stereocenters. The first-order valence-electron chi connectivity index (χ1n) is 28.9. The van der Waals surface area contributed by atoms with Crippen molar-refractivity contribution >= 4 is 17.1 Å². The summed E-state index contributed by atoms with van der Waals surface area (Å²) in [6, 6.07) is 102. The lowest BCUT2D eigenvalue weighted by atomic mass is 9.65. The number of hydrogen-bond acceptors (Lipinski definition) is 3. The van der Waals surface area contributed by atoms with Crippen molar-refractivity contribution in [2.75, 3.05) is 4.90 Å². The third kappa shape index (κ3) is 6.98. The third-order valence-electron chi connectivity index (χ3n) is 18.3. The van der Waals surface area contributed by atoms with Crippen molar-refractivity contribution < 1.29 is 9.47 Å². The van der Waals surface area contributed by atoms with Crippen LogP contribution in [-0.4, -0.2) is 0 Å². The Morgan fingerprint density at radius 3 is 1.54 bits per heavy atom. The minimum atomic E-state index is -0.537. The molecule has 0 amide bonds. The fourth-order valence-corrected chi connectivity index (χ4v) is 14.8. The van der Waals surface area contributed by atoms with Crippen molar-refractivity contribution in [2.24, 2.45) is 0 Å². The molecule has 0 radical (unpaired) electrons. The SMILES string of the molecule is C1=CCCC(C2(c3ccccc3)c3cc(-c4ccccc4)ccc3-c3ccc(N(c4ccc(-c5ccccc5)cc4)c4cccc(-c5ccc6c(c5)Oc5ccc7c(c5O6)-c5ccccc5C75c6ccccc6-c6ccccc65)c4)cc32)=C1. The van der Waals surface area contributed by atoms with Crippen molar-refractivity contribution in [1.29, 1.82) is 0 Å². The summed E-state index contributed by atoms with van der Waals surface area (Å²) in [5.74, 6) is 2.84. The Morgan fingerprint density at radius 1 is 0.313 bits per heavy atom. The lowest BCUT2D eigenvalue weighted by molar-refractivity contribution is 0.360. The van der Waals surface area contributed by atoms with Gasteiger partial charge in [0.15, 0.2) is 23.0 Å². The molecule has 17 rings (SSSR count). The number of rotatable bonds is 8. The van der Waals surface area contributed by atoms with Gasteiger partial charge >= 0.3 is 0 Å². The lowest BCUT2D eigenvalue weighted by Crippen LogP contribution is -2.30. The third-order valence-corrected chi connectivity index (χ3v) is 18.3. The molecule has 3 nitrogen and oxygen atoms in total.